The number of carbonyl (C=O) groups is 3. The SMILES string of the molecule is CC(=O)c1cccc(NC(=O)C(C)OC(=O)CCc2cnn(-c3ccccc3)c2)c1. The van der Waals surface area contributed by atoms with E-state index >= 15 is 0 Å². The van der Waals surface area contributed by atoms with Crippen LogP contribution in [0.4, 0.5) is 5.69 Å². The third kappa shape index (κ3) is 5.64. The number of amides is 1. The van der Waals surface area contributed by atoms with Crippen LogP contribution >= 0.6 is 0 Å². The number of anilines is 1. The summed E-state index contributed by atoms with van der Waals surface area (Å²) in [6, 6.07) is 16.3. The molecule has 1 N–H and O–H groups in total. The van der Waals surface area contributed by atoms with Crippen molar-refractivity contribution in [3.63, 3.8) is 0 Å². The number of esters is 1. The van der Waals surface area contributed by atoms with Crippen LogP contribution in [0.1, 0.15) is 36.2 Å². The number of Topliss-reactive ketones (excluding diaryl/α,β-unsaturated/α-hetero) is 1. The van der Waals surface area contributed by atoms with Gasteiger partial charge in [0.05, 0.1) is 11.9 Å². The van der Waals surface area contributed by atoms with E-state index in [0.717, 1.165) is 11.3 Å². The molecule has 1 amide bonds. The maximum absolute atomic E-state index is 12.3. The fraction of sp³-hybridized carbons (Fsp3) is 0.217. The van der Waals surface area contributed by atoms with Gasteiger partial charge < -0.3 is 10.1 Å². The topological polar surface area (TPSA) is 90.3 Å². The first-order chi connectivity index (χ1) is 14.4. The van der Waals surface area contributed by atoms with Gasteiger partial charge in [-0.1, -0.05) is 30.3 Å². The second-order valence-corrected chi connectivity index (χ2v) is 6.89. The van der Waals surface area contributed by atoms with E-state index in [2.05, 4.69) is 10.4 Å². The minimum atomic E-state index is -0.953. The number of hydrogen-bond acceptors (Lipinski definition) is 5. The molecule has 0 saturated carbocycles. The highest BCUT2D eigenvalue weighted by atomic mass is 16.5. The van der Waals surface area contributed by atoms with Gasteiger partial charge in [-0.05, 0) is 50.1 Å². The molecule has 3 rings (SSSR count). The maximum atomic E-state index is 12.3. The molecule has 0 aliphatic carbocycles. The van der Waals surface area contributed by atoms with Crippen LogP contribution in [-0.2, 0) is 20.7 Å². The van der Waals surface area contributed by atoms with Crippen molar-refractivity contribution < 1.29 is 19.1 Å². The van der Waals surface area contributed by atoms with Crippen LogP contribution in [0.15, 0.2) is 67.0 Å². The first kappa shape index (κ1) is 21.0. The van der Waals surface area contributed by atoms with E-state index in [4.69, 9.17) is 4.74 Å². The lowest BCUT2D eigenvalue weighted by Crippen LogP contribution is -2.30. The summed E-state index contributed by atoms with van der Waals surface area (Å²) in [6.07, 6.45) is 3.21. The fourth-order valence-corrected chi connectivity index (χ4v) is 2.83. The van der Waals surface area contributed by atoms with E-state index in [0.29, 0.717) is 17.7 Å². The van der Waals surface area contributed by atoms with Gasteiger partial charge in [-0.2, -0.15) is 5.10 Å². The van der Waals surface area contributed by atoms with Crippen LogP contribution < -0.4 is 5.32 Å². The molecule has 0 spiro atoms. The molecule has 0 bridgehead atoms. The molecule has 0 saturated heterocycles. The molecule has 0 radical (unpaired) electrons. The Kier molecular flexibility index (Phi) is 6.75. The molecule has 154 valence electrons. The number of carbonyl (C=O) groups excluding carboxylic acids is 3. The van der Waals surface area contributed by atoms with Gasteiger partial charge in [0.2, 0.25) is 0 Å². The van der Waals surface area contributed by atoms with Crippen molar-refractivity contribution in [1.82, 2.24) is 9.78 Å². The first-order valence-corrected chi connectivity index (χ1v) is 9.62. The number of nitrogens with zero attached hydrogens (tertiary/aromatic N) is 2. The molecule has 7 nitrogen and oxygen atoms in total. The summed E-state index contributed by atoms with van der Waals surface area (Å²) >= 11 is 0. The van der Waals surface area contributed by atoms with Crippen LogP contribution in [-0.4, -0.2) is 33.5 Å². The van der Waals surface area contributed by atoms with E-state index in [1.165, 1.54) is 13.8 Å². The van der Waals surface area contributed by atoms with E-state index in [1.807, 2.05) is 36.5 Å². The van der Waals surface area contributed by atoms with Crippen molar-refractivity contribution in [2.24, 2.45) is 0 Å². The number of ether oxygens (including phenoxy) is 1. The summed E-state index contributed by atoms with van der Waals surface area (Å²) in [4.78, 5) is 35.9. The van der Waals surface area contributed by atoms with Gasteiger partial charge in [-0.15, -0.1) is 0 Å². The quantitative estimate of drug-likeness (QED) is 0.457. The van der Waals surface area contributed by atoms with Gasteiger partial charge in [-0.25, -0.2) is 4.68 Å². The van der Waals surface area contributed by atoms with Crippen molar-refractivity contribution in [3.05, 3.63) is 78.1 Å². The van der Waals surface area contributed by atoms with Gasteiger partial charge >= 0.3 is 5.97 Å². The van der Waals surface area contributed by atoms with Crippen LogP contribution in [0.2, 0.25) is 0 Å². The summed E-state index contributed by atoms with van der Waals surface area (Å²) in [5.41, 5.74) is 2.80. The lowest BCUT2D eigenvalue weighted by molar-refractivity contribution is -0.153. The van der Waals surface area contributed by atoms with E-state index < -0.39 is 18.0 Å². The monoisotopic (exact) mass is 405 g/mol. The number of ketones is 1. The predicted molar refractivity (Wildman–Crippen MR) is 113 cm³/mol. The third-order valence-electron chi connectivity index (χ3n) is 4.49. The molecule has 30 heavy (non-hydrogen) atoms. The van der Waals surface area contributed by atoms with Crippen LogP contribution in [0, 0.1) is 0 Å². The highest BCUT2D eigenvalue weighted by Gasteiger charge is 2.18. The maximum Gasteiger partial charge on any atom is 0.306 e. The number of hydrogen-bond donors (Lipinski definition) is 1. The molecule has 3 aromatic rings. The van der Waals surface area contributed by atoms with Gasteiger partial charge in [0.15, 0.2) is 11.9 Å². The van der Waals surface area contributed by atoms with Crippen molar-refractivity contribution >= 4 is 23.3 Å². The average molecular weight is 405 g/mol. The summed E-state index contributed by atoms with van der Waals surface area (Å²) in [6.45, 7) is 2.96. The Labute approximate surface area is 174 Å². The Morgan fingerprint density at radius 2 is 1.87 bits per heavy atom. The molecule has 7 heteroatoms. The number of nitrogens with one attached hydrogen (secondary N) is 1. The largest absolute Gasteiger partial charge is 0.453 e. The molecule has 1 heterocycles. The Balaban J connectivity index is 1.48. The fourth-order valence-electron chi connectivity index (χ4n) is 2.83. The molecular formula is C23H23N3O4. The van der Waals surface area contributed by atoms with Crippen LogP contribution in [0.25, 0.3) is 5.69 Å². The Morgan fingerprint density at radius 1 is 1.10 bits per heavy atom. The normalized spacial score (nSPS) is 11.5. The van der Waals surface area contributed by atoms with Crippen molar-refractivity contribution in [2.45, 2.75) is 32.8 Å². The molecule has 1 unspecified atom stereocenters. The van der Waals surface area contributed by atoms with Crippen molar-refractivity contribution in [3.8, 4) is 5.69 Å². The molecule has 2 aromatic carbocycles. The smallest absolute Gasteiger partial charge is 0.306 e. The van der Waals surface area contributed by atoms with E-state index in [9.17, 15) is 14.4 Å². The molecule has 1 atom stereocenters. The number of rotatable bonds is 8. The van der Waals surface area contributed by atoms with E-state index in [-0.39, 0.29) is 12.2 Å². The van der Waals surface area contributed by atoms with Crippen molar-refractivity contribution in [2.75, 3.05) is 5.32 Å². The summed E-state index contributed by atoms with van der Waals surface area (Å²) in [5, 5.41) is 6.95. The zero-order chi connectivity index (χ0) is 21.5. The zero-order valence-corrected chi connectivity index (χ0v) is 16.9. The third-order valence-corrected chi connectivity index (χ3v) is 4.49. The number of benzene rings is 2. The van der Waals surface area contributed by atoms with Gasteiger partial charge in [0.25, 0.3) is 5.91 Å². The zero-order valence-electron chi connectivity index (χ0n) is 16.9. The number of aromatic nitrogens is 2. The van der Waals surface area contributed by atoms with Gasteiger partial charge in [0.1, 0.15) is 0 Å². The molecule has 1 aromatic heterocycles. The Bertz CT molecular complexity index is 1040. The second kappa shape index (κ2) is 9.65. The minimum Gasteiger partial charge on any atom is -0.453 e. The molecule has 0 fully saturated rings. The second-order valence-electron chi connectivity index (χ2n) is 6.89. The highest BCUT2D eigenvalue weighted by Crippen LogP contribution is 2.13. The molecular weight excluding hydrogens is 382 g/mol. The van der Waals surface area contributed by atoms with Gasteiger partial charge in [0, 0.05) is 23.9 Å². The number of aryl methyl sites for hydroxylation is 1. The molecule has 0 aliphatic rings. The van der Waals surface area contributed by atoms with E-state index in [1.54, 1.807) is 35.1 Å². The Hall–Kier alpha value is -3.74. The minimum absolute atomic E-state index is 0.0961. The number of para-hydroxylation sites is 1. The van der Waals surface area contributed by atoms with Gasteiger partial charge in [-0.3, -0.25) is 14.4 Å². The van der Waals surface area contributed by atoms with Crippen LogP contribution in [0.3, 0.4) is 0 Å². The predicted octanol–water partition coefficient (Wildman–Crippen LogP) is 3.58. The Morgan fingerprint density at radius 3 is 2.60 bits per heavy atom. The first-order valence-electron chi connectivity index (χ1n) is 9.62. The molecule has 0 aliphatic heterocycles. The standard InChI is InChI=1S/C23H23N3O4/c1-16(27)19-7-6-8-20(13-19)25-23(29)17(2)30-22(28)12-11-18-14-24-26(15-18)21-9-4-3-5-10-21/h3-10,13-15,17H,11-12H2,1-2H3,(H,25,29). The lowest BCUT2D eigenvalue weighted by atomic mass is 10.1. The highest BCUT2D eigenvalue weighted by molar-refractivity contribution is 5.98. The van der Waals surface area contributed by atoms with Crippen molar-refractivity contribution in [1.29, 1.82) is 0 Å². The van der Waals surface area contributed by atoms with Crippen LogP contribution in [0.5, 0.6) is 0 Å². The lowest BCUT2D eigenvalue weighted by Gasteiger charge is -2.13. The summed E-state index contributed by atoms with van der Waals surface area (Å²) in [5.74, 6) is -1.02. The summed E-state index contributed by atoms with van der Waals surface area (Å²) in [7, 11) is 0. The summed E-state index contributed by atoms with van der Waals surface area (Å²) < 4.78 is 6.97. The average Bonchev–Trinajstić information content (AvgIpc) is 3.22.